The molecule has 0 aliphatic rings. The minimum absolute atomic E-state index is 0.139. The molecule has 3 nitrogen and oxygen atoms in total. The first-order valence-electron chi connectivity index (χ1n) is 2.87. The summed E-state index contributed by atoms with van der Waals surface area (Å²) in [6.07, 6.45) is 0. The highest BCUT2D eigenvalue weighted by Crippen LogP contribution is 1.78. The maximum atomic E-state index is 10.7. The van der Waals surface area contributed by atoms with Gasteiger partial charge in [0.05, 0.1) is 5.70 Å². The maximum Gasteiger partial charge on any atom is 0.266 e. The van der Waals surface area contributed by atoms with E-state index in [2.05, 4.69) is 17.2 Å². The predicted octanol–water partition coefficient (Wildman–Crippen LogP) is -0.144. The van der Waals surface area contributed by atoms with E-state index in [0.29, 0.717) is 12.2 Å². The van der Waals surface area contributed by atoms with Crippen LogP contribution < -0.4 is 10.6 Å². The summed E-state index contributed by atoms with van der Waals surface area (Å²) in [5, 5.41) is 5.24. The third-order valence-corrected chi connectivity index (χ3v) is 0.913. The molecule has 0 fully saturated rings. The summed E-state index contributed by atoms with van der Waals surface area (Å²) in [5.41, 5.74) is 0.400. The zero-order valence-corrected chi connectivity index (χ0v) is 5.82. The zero-order valence-electron chi connectivity index (χ0n) is 5.82. The average molecular weight is 128 g/mol. The molecular weight excluding hydrogens is 116 g/mol. The Kier molecular flexibility index (Phi) is 3.51. The Morgan fingerprint density at radius 2 is 2.22 bits per heavy atom. The predicted molar refractivity (Wildman–Crippen MR) is 36.9 cm³/mol. The molecule has 0 rings (SSSR count). The molecular formula is C6H12N2O. The monoisotopic (exact) mass is 128 g/mol. The Bertz CT molecular complexity index is 120. The van der Waals surface area contributed by atoms with Crippen LogP contribution in [-0.4, -0.2) is 19.5 Å². The summed E-state index contributed by atoms with van der Waals surface area (Å²) in [6.45, 7) is 5.97. The molecule has 0 aliphatic heterocycles. The molecule has 52 valence electrons. The molecule has 1 amide bonds. The first-order valence-corrected chi connectivity index (χ1v) is 2.87. The van der Waals surface area contributed by atoms with Gasteiger partial charge in [-0.1, -0.05) is 6.58 Å². The topological polar surface area (TPSA) is 41.1 Å². The molecule has 0 aliphatic carbocycles. The van der Waals surface area contributed by atoms with Crippen LogP contribution in [0.2, 0.25) is 0 Å². The SMILES string of the molecule is C=C(NC)C(=O)NCC. The van der Waals surface area contributed by atoms with Gasteiger partial charge in [0.25, 0.3) is 5.91 Å². The van der Waals surface area contributed by atoms with E-state index in [1.807, 2.05) is 6.92 Å². The number of carbonyl (C=O) groups is 1. The molecule has 0 aromatic rings. The van der Waals surface area contributed by atoms with Gasteiger partial charge in [0, 0.05) is 13.6 Å². The molecule has 3 heteroatoms. The molecule has 0 aromatic heterocycles. The third kappa shape index (κ3) is 2.74. The van der Waals surface area contributed by atoms with Crippen molar-refractivity contribution in [3.63, 3.8) is 0 Å². The van der Waals surface area contributed by atoms with Gasteiger partial charge in [0.15, 0.2) is 0 Å². The van der Waals surface area contributed by atoms with E-state index in [4.69, 9.17) is 0 Å². The van der Waals surface area contributed by atoms with Crippen LogP contribution in [0.15, 0.2) is 12.3 Å². The van der Waals surface area contributed by atoms with Gasteiger partial charge < -0.3 is 10.6 Å². The highest BCUT2D eigenvalue weighted by atomic mass is 16.2. The molecule has 0 bridgehead atoms. The number of hydrogen-bond donors (Lipinski definition) is 2. The van der Waals surface area contributed by atoms with Crippen LogP contribution in [0.1, 0.15) is 6.92 Å². The summed E-state index contributed by atoms with van der Waals surface area (Å²) in [4.78, 5) is 10.7. The number of rotatable bonds is 3. The second kappa shape index (κ2) is 3.95. The fourth-order valence-electron chi connectivity index (χ4n) is 0.381. The number of nitrogens with one attached hydrogen (secondary N) is 2. The van der Waals surface area contributed by atoms with Crippen molar-refractivity contribution >= 4 is 5.91 Å². The van der Waals surface area contributed by atoms with E-state index in [0.717, 1.165) is 0 Å². The molecule has 0 unspecified atom stereocenters. The van der Waals surface area contributed by atoms with Crippen LogP contribution >= 0.6 is 0 Å². The molecule has 0 saturated heterocycles. The van der Waals surface area contributed by atoms with Crippen LogP contribution in [0, 0.1) is 0 Å². The van der Waals surface area contributed by atoms with E-state index < -0.39 is 0 Å². The standard InChI is InChI=1S/C6H12N2O/c1-4-8-6(9)5(2)7-3/h7H,2,4H2,1,3H3,(H,8,9). The van der Waals surface area contributed by atoms with Crippen molar-refractivity contribution in [3.05, 3.63) is 12.3 Å². The van der Waals surface area contributed by atoms with Crippen molar-refractivity contribution < 1.29 is 4.79 Å². The van der Waals surface area contributed by atoms with Crippen molar-refractivity contribution in [3.8, 4) is 0 Å². The lowest BCUT2D eigenvalue weighted by molar-refractivity contribution is -0.117. The van der Waals surface area contributed by atoms with Gasteiger partial charge in [-0.05, 0) is 6.92 Å². The summed E-state index contributed by atoms with van der Waals surface area (Å²) in [7, 11) is 1.66. The molecule has 0 heterocycles. The van der Waals surface area contributed by atoms with Crippen molar-refractivity contribution in [2.75, 3.05) is 13.6 Å². The maximum absolute atomic E-state index is 10.7. The Labute approximate surface area is 55.1 Å². The summed E-state index contributed by atoms with van der Waals surface area (Å²) < 4.78 is 0. The van der Waals surface area contributed by atoms with Crippen molar-refractivity contribution in [1.29, 1.82) is 0 Å². The van der Waals surface area contributed by atoms with E-state index in [-0.39, 0.29) is 5.91 Å². The largest absolute Gasteiger partial charge is 0.384 e. The van der Waals surface area contributed by atoms with Gasteiger partial charge >= 0.3 is 0 Å². The fourth-order valence-corrected chi connectivity index (χ4v) is 0.381. The normalized spacial score (nSPS) is 8.22. The van der Waals surface area contributed by atoms with Crippen LogP contribution in [0.5, 0.6) is 0 Å². The molecule has 0 saturated carbocycles. The first-order chi connectivity index (χ1) is 4.22. The lowest BCUT2D eigenvalue weighted by atomic mass is 10.4. The second-order valence-electron chi connectivity index (χ2n) is 1.59. The number of hydrogen-bond acceptors (Lipinski definition) is 2. The van der Waals surface area contributed by atoms with Crippen LogP contribution in [-0.2, 0) is 4.79 Å². The molecule has 0 aromatic carbocycles. The number of carbonyl (C=O) groups excluding carboxylic acids is 1. The lowest BCUT2D eigenvalue weighted by Crippen LogP contribution is -2.29. The lowest BCUT2D eigenvalue weighted by Gasteiger charge is -2.02. The van der Waals surface area contributed by atoms with Gasteiger partial charge in [0.1, 0.15) is 0 Å². The molecule has 9 heavy (non-hydrogen) atoms. The van der Waals surface area contributed by atoms with Gasteiger partial charge in [-0.25, -0.2) is 0 Å². The van der Waals surface area contributed by atoms with Crippen LogP contribution in [0.25, 0.3) is 0 Å². The fraction of sp³-hybridized carbons (Fsp3) is 0.500. The van der Waals surface area contributed by atoms with E-state index in [9.17, 15) is 4.79 Å². The van der Waals surface area contributed by atoms with E-state index >= 15 is 0 Å². The zero-order chi connectivity index (χ0) is 7.28. The van der Waals surface area contributed by atoms with E-state index in [1.165, 1.54) is 0 Å². The van der Waals surface area contributed by atoms with Gasteiger partial charge in [-0.2, -0.15) is 0 Å². The average Bonchev–Trinajstić information content (AvgIpc) is 1.87. The summed E-state index contributed by atoms with van der Waals surface area (Å²) in [5.74, 6) is -0.139. The Morgan fingerprint density at radius 1 is 1.67 bits per heavy atom. The first kappa shape index (κ1) is 8.01. The van der Waals surface area contributed by atoms with Crippen molar-refractivity contribution in [2.24, 2.45) is 0 Å². The Hall–Kier alpha value is -0.990. The van der Waals surface area contributed by atoms with Crippen molar-refractivity contribution in [2.45, 2.75) is 6.92 Å². The quantitative estimate of drug-likeness (QED) is 0.519. The van der Waals surface area contributed by atoms with Gasteiger partial charge in [0.2, 0.25) is 0 Å². The molecule has 0 spiro atoms. The van der Waals surface area contributed by atoms with Gasteiger partial charge in [-0.3, -0.25) is 4.79 Å². The number of likely N-dealkylation sites (N-methyl/N-ethyl adjacent to an activating group) is 2. The van der Waals surface area contributed by atoms with Gasteiger partial charge in [-0.15, -0.1) is 0 Å². The molecule has 0 atom stereocenters. The van der Waals surface area contributed by atoms with Crippen LogP contribution in [0.3, 0.4) is 0 Å². The van der Waals surface area contributed by atoms with Crippen molar-refractivity contribution in [1.82, 2.24) is 10.6 Å². The third-order valence-electron chi connectivity index (χ3n) is 0.913. The summed E-state index contributed by atoms with van der Waals surface area (Å²) in [6, 6.07) is 0. The molecule has 2 N–H and O–H groups in total. The number of amides is 1. The smallest absolute Gasteiger partial charge is 0.266 e. The Balaban J connectivity index is 3.60. The summed E-state index contributed by atoms with van der Waals surface area (Å²) >= 11 is 0. The minimum Gasteiger partial charge on any atom is -0.384 e. The minimum atomic E-state index is -0.139. The highest BCUT2D eigenvalue weighted by Gasteiger charge is 1.99. The highest BCUT2D eigenvalue weighted by molar-refractivity contribution is 5.91. The second-order valence-corrected chi connectivity index (χ2v) is 1.59. The van der Waals surface area contributed by atoms with Crippen LogP contribution in [0.4, 0.5) is 0 Å². The Morgan fingerprint density at radius 3 is 2.56 bits per heavy atom. The molecule has 0 radical (unpaired) electrons. The van der Waals surface area contributed by atoms with E-state index in [1.54, 1.807) is 7.05 Å².